The van der Waals surface area contributed by atoms with Gasteiger partial charge in [0, 0.05) is 22.7 Å². The second kappa shape index (κ2) is 7.45. The molecule has 21 heavy (non-hydrogen) atoms. The fraction of sp³-hybridized carbons (Fsp3) is 0.286. The Bertz CT molecular complexity index is 570. The molecule has 5 nitrogen and oxygen atoms in total. The van der Waals surface area contributed by atoms with Gasteiger partial charge >= 0.3 is 5.97 Å². The molecule has 7 heteroatoms. The third-order valence-electron chi connectivity index (χ3n) is 2.55. The van der Waals surface area contributed by atoms with Crippen molar-refractivity contribution in [2.45, 2.75) is 18.9 Å². The van der Waals surface area contributed by atoms with E-state index >= 15 is 0 Å². The van der Waals surface area contributed by atoms with E-state index in [0.29, 0.717) is 15.6 Å². The molecule has 1 aromatic carbocycles. The topological polar surface area (TPSA) is 86.6 Å². The second-order valence-corrected chi connectivity index (χ2v) is 5.63. The zero-order valence-electron chi connectivity index (χ0n) is 11.3. The Morgan fingerprint density at radius 1 is 1.38 bits per heavy atom. The summed E-state index contributed by atoms with van der Waals surface area (Å²) in [4.78, 5) is 22.1. The van der Waals surface area contributed by atoms with Crippen LogP contribution in [0.1, 0.15) is 18.9 Å². The molecule has 0 fully saturated rings. The average molecular weight is 332 g/mol. The number of carboxylic acids is 1. The Morgan fingerprint density at radius 2 is 2.05 bits per heavy atom. The molecular weight excluding hydrogens is 317 g/mol. The Balaban J connectivity index is 2.59. The lowest BCUT2D eigenvalue weighted by Gasteiger charge is -2.20. The summed E-state index contributed by atoms with van der Waals surface area (Å²) in [6, 6.07) is 4.85. The summed E-state index contributed by atoms with van der Waals surface area (Å²) in [7, 11) is 0. The van der Waals surface area contributed by atoms with E-state index in [9.17, 15) is 14.7 Å². The van der Waals surface area contributed by atoms with Gasteiger partial charge < -0.3 is 15.5 Å². The molecule has 1 amide bonds. The van der Waals surface area contributed by atoms with Crippen LogP contribution < -0.4 is 5.32 Å². The predicted octanol–water partition coefficient (Wildman–Crippen LogP) is 2.35. The summed E-state index contributed by atoms with van der Waals surface area (Å²) >= 11 is 11.8. The second-order valence-electron chi connectivity index (χ2n) is 4.78. The molecule has 3 N–H and O–H groups in total. The number of hydrogen-bond donors (Lipinski definition) is 3. The Labute approximate surface area is 132 Å². The molecular formula is C14H15Cl2NO4. The summed E-state index contributed by atoms with van der Waals surface area (Å²) in [5.41, 5.74) is -0.931. The maximum atomic E-state index is 11.6. The number of carbonyl (C=O) groups is 2. The van der Waals surface area contributed by atoms with Crippen molar-refractivity contribution < 1.29 is 19.8 Å². The van der Waals surface area contributed by atoms with E-state index in [2.05, 4.69) is 5.32 Å². The molecule has 1 atom stereocenters. The fourth-order valence-corrected chi connectivity index (χ4v) is 1.89. The van der Waals surface area contributed by atoms with E-state index in [1.54, 1.807) is 18.2 Å². The standard InChI is InChI=1S/C14H15Cl2NO4/c1-14(21,7-13(19)20)8-17-12(18)5-2-9-6-10(15)3-4-11(9)16/h2-6,21H,7-8H2,1H3,(H,17,18)(H,19,20). The van der Waals surface area contributed by atoms with Crippen LogP contribution in [0.4, 0.5) is 0 Å². The van der Waals surface area contributed by atoms with Crippen molar-refractivity contribution >= 4 is 41.2 Å². The third kappa shape index (κ3) is 6.62. The maximum absolute atomic E-state index is 11.6. The molecule has 1 unspecified atom stereocenters. The summed E-state index contributed by atoms with van der Waals surface area (Å²) in [6.07, 6.45) is 2.25. The lowest BCUT2D eigenvalue weighted by Crippen LogP contribution is -2.41. The van der Waals surface area contributed by atoms with Gasteiger partial charge in [-0.3, -0.25) is 9.59 Å². The van der Waals surface area contributed by atoms with Crippen LogP contribution in [-0.4, -0.2) is 34.2 Å². The van der Waals surface area contributed by atoms with Crippen LogP contribution in [-0.2, 0) is 9.59 Å². The molecule has 0 saturated heterocycles. The minimum atomic E-state index is -1.51. The summed E-state index contributed by atoms with van der Waals surface area (Å²) in [6.45, 7) is 1.16. The number of nitrogens with one attached hydrogen (secondary N) is 1. The molecule has 0 spiro atoms. The minimum Gasteiger partial charge on any atom is -0.481 e. The molecule has 114 valence electrons. The Kier molecular flexibility index (Phi) is 6.20. The normalized spacial score (nSPS) is 13.9. The highest BCUT2D eigenvalue weighted by Gasteiger charge is 2.24. The van der Waals surface area contributed by atoms with Gasteiger partial charge in [0.2, 0.25) is 5.91 Å². The van der Waals surface area contributed by atoms with Crippen LogP contribution in [0.2, 0.25) is 10.0 Å². The zero-order valence-corrected chi connectivity index (χ0v) is 12.8. The first-order valence-corrected chi connectivity index (χ1v) is 6.80. The Morgan fingerprint density at radius 3 is 2.67 bits per heavy atom. The number of carbonyl (C=O) groups excluding carboxylic acids is 1. The van der Waals surface area contributed by atoms with Gasteiger partial charge in [0.25, 0.3) is 0 Å². The van der Waals surface area contributed by atoms with Crippen LogP contribution in [0.25, 0.3) is 6.08 Å². The van der Waals surface area contributed by atoms with E-state index in [4.69, 9.17) is 28.3 Å². The van der Waals surface area contributed by atoms with E-state index in [1.165, 1.54) is 19.1 Å². The fourth-order valence-electron chi connectivity index (χ4n) is 1.53. The molecule has 0 aromatic heterocycles. The number of carboxylic acid groups (broad SMARTS) is 1. The molecule has 1 aromatic rings. The number of aliphatic carboxylic acids is 1. The molecule has 0 heterocycles. The number of benzene rings is 1. The van der Waals surface area contributed by atoms with Crippen molar-refractivity contribution in [2.24, 2.45) is 0 Å². The van der Waals surface area contributed by atoms with Crippen molar-refractivity contribution in [3.63, 3.8) is 0 Å². The lowest BCUT2D eigenvalue weighted by atomic mass is 10.0. The lowest BCUT2D eigenvalue weighted by molar-refractivity contribution is -0.142. The van der Waals surface area contributed by atoms with Crippen LogP contribution in [0.5, 0.6) is 0 Å². The first kappa shape index (κ1) is 17.5. The van der Waals surface area contributed by atoms with E-state index in [0.717, 1.165) is 0 Å². The number of aliphatic hydroxyl groups is 1. The molecule has 0 aliphatic rings. The van der Waals surface area contributed by atoms with Gasteiger partial charge in [0.15, 0.2) is 0 Å². The molecule has 0 bridgehead atoms. The van der Waals surface area contributed by atoms with Crippen LogP contribution in [0.15, 0.2) is 24.3 Å². The van der Waals surface area contributed by atoms with Gasteiger partial charge in [0.1, 0.15) is 0 Å². The summed E-state index contributed by atoms with van der Waals surface area (Å²) in [5, 5.41) is 21.7. The first-order chi connectivity index (χ1) is 9.69. The van der Waals surface area contributed by atoms with E-state index in [1.807, 2.05) is 0 Å². The van der Waals surface area contributed by atoms with Gasteiger partial charge in [-0.25, -0.2) is 0 Å². The monoisotopic (exact) mass is 331 g/mol. The number of amides is 1. The van der Waals surface area contributed by atoms with Gasteiger partial charge in [0.05, 0.1) is 12.0 Å². The van der Waals surface area contributed by atoms with Gasteiger partial charge in [-0.05, 0) is 36.8 Å². The summed E-state index contributed by atoms with van der Waals surface area (Å²) < 4.78 is 0. The van der Waals surface area contributed by atoms with Crippen LogP contribution >= 0.6 is 23.2 Å². The van der Waals surface area contributed by atoms with Crippen molar-refractivity contribution in [3.05, 3.63) is 39.9 Å². The highest BCUT2D eigenvalue weighted by molar-refractivity contribution is 6.34. The predicted molar refractivity (Wildman–Crippen MR) is 81.4 cm³/mol. The molecule has 0 aliphatic heterocycles. The van der Waals surface area contributed by atoms with Gasteiger partial charge in [-0.1, -0.05) is 23.2 Å². The van der Waals surface area contributed by atoms with E-state index < -0.39 is 23.9 Å². The SMILES string of the molecule is CC(O)(CNC(=O)C=Cc1cc(Cl)ccc1Cl)CC(=O)O. The van der Waals surface area contributed by atoms with Crippen molar-refractivity contribution in [1.29, 1.82) is 0 Å². The van der Waals surface area contributed by atoms with Crippen molar-refractivity contribution in [1.82, 2.24) is 5.32 Å². The molecule has 0 saturated carbocycles. The quantitative estimate of drug-likeness (QED) is 0.698. The highest BCUT2D eigenvalue weighted by atomic mass is 35.5. The average Bonchev–Trinajstić information content (AvgIpc) is 2.36. The van der Waals surface area contributed by atoms with Crippen LogP contribution in [0.3, 0.4) is 0 Å². The highest BCUT2D eigenvalue weighted by Crippen LogP contribution is 2.21. The summed E-state index contributed by atoms with van der Waals surface area (Å²) in [5.74, 6) is -1.62. The maximum Gasteiger partial charge on any atom is 0.306 e. The largest absolute Gasteiger partial charge is 0.481 e. The minimum absolute atomic E-state index is 0.175. The number of halogens is 2. The van der Waals surface area contributed by atoms with E-state index in [-0.39, 0.29) is 6.54 Å². The molecule has 0 radical (unpaired) electrons. The number of rotatable bonds is 6. The Hall–Kier alpha value is -1.56. The first-order valence-electron chi connectivity index (χ1n) is 6.05. The third-order valence-corrected chi connectivity index (χ3v) is 3.13. The smallest absolute Gasteiger partial charge is 0.306 e. The molecule has 0 aliphatic carbocycles. The van der Waals surface area contributed by atoms with Gasteiger partial charge in [-0.15, -0.1) is 0 Å². The van der Waals surface area contributed by atoms with Gasteiger partial charge in [-0.2, -0.15) is 0 Å². The van der Waals surface area contributed by atoms with Crippen LogP contribution in [0, 0.1) is 0 Å². The van der Waals surface area contributed by atoms with Crippen molar-refractivity contribution in [3.8, 4) is 0 Å². The zero-order chi connectivity index (χ0) is 16.0. The van der Waals surface area contributed by atoms with Crippen molar-refractivity contribution in [2.75, 3.05) is 6.54 Å². The number of hydrogen-bond acceptors (Lipinski definition) is 3. The molecule has 1 rings (SSSR count).